The maximum Gasteiger partial charge on any atom is 0.339 e. The third-order valence-electron chi connectivity index (χ3n) is 3.36. The Morgan fingerprint density at radius 3 is 2.43 bits per heavy atom. The third kappa shape index (κ3) is 4.95. The molecule has 142 valence electrons. The first-order valence-corrected chi connectivity index (χ1v) is 9.24. The summed E-state index contributed by atoms with van der Waals surface area (Å²) in [5.74, 6) is -0.992. The zero-order chi connectivity index (χ0) is 20.0. The number of benzene rings is 2. The highest BCUT2D eigenvalue weighted by Gasteiger charge is 2.16. The van der Waals surface area contributed by atoms with Gasteiger partial charge in [-0.2, -0.15) is 13.5 Å². The van der Waals surface area contributed by atoms with Crippen molar-refractivity contribution in [1.29, 1.82) is 0 Å². The quantitative estimate of drug-likeness (QED) is 0.386. The summed E-state index contributed by atoms with van der Waals surface area (Å²) in [6, 6.07) is 10.2. The zero-order valence-electron chi connectivity index (χ0n) is 14.2. The largest absolute Gasteiger partial charge is 0.379 e. The third-order valence-corrected chi connectivity index (χ3v) is 4.63. The standard InChI is InChI=1S/C18H13FN4O4S/c19-14-3-7-16(8-4-14)28(25,26)27-15-5-1-13(2-6-15)11-22-23-18(24)17-12-20-9-10-21-17/h1-12H,(H,23,24)/b22-11+. The van der Waals surface area contributed by atoms with Crippen molar-refractivity contribution in [3.8, 4) is 5.75 Å². The molecule has 3 rings (SSSR count). The lowest BCUT2D eigenvalue weighted by molar-refractivity contribution is 0.0949. The highest BCUT2D eigenvalue weighted by atomic mass is 32.2. The second-order valence-electron chi connectivity index (χ2n) is 5.35. The molecule has 10 heteroatoms. The fourth-order valence-corrected chi connectivity index (χ4v) is 2.95. The number of nitrogens with one attached hydrogen (secondary N) is 1. The molecule has 0 unspecified atom stereocenters. The van der Waals surface area contributed by atoms with Crippen molar-refractivity contribution in [2.75, 3.05) is 0 Å². The fourth-order valence-electron chi connectivity index (χ4n) is 2.02. The summed E-state index contributed by atoms with van der Waals surface area (Å²) < 4.78 is 42.2. The van der Waals surface area contributed by atoms with Gasteiger partial charge in [0.25, 0.3) is 5.91 Å². The molecule has 0 aliphatic heterocycles. The number of rotatable bonds is 6. The van der Waals surface area contributed by atoms with Crippen LogP contribution in [0.5, 0.6) is 5.75 Å². The maximum absolute atomic E-state index is 12.9. The van der Waals surface area contributed by atoms with Gasteiger partial charge >= 0.3 is 10.1 Å². The Bertz CT molecular complexity index is 1090. The topological polar surface area (TPSA) is 111 Å². The summed E-state index contributed by atoms with van der Waals surface area (Å²) in [5.41, 5.74) is 3.01. The molecule has 0 fully saturated rings. The van der Waals surface area contributed by atoms with Gasteiger partial charge in [-0.3, -0.25) is 9.78 Å². The van der Waals surface area contributed by atoms with Crippen LogP contribution >= 0.6 is 0 Å². The normalized spacial score (nSPS) is 11.3. The molecule has 0 radical (unpaired) electrons. The number of hydrogen-bond acceptors (Lipinski definition) is 7. The summed E-state index contributed by atoms with van der Waals surface area (Å²) in [5, 5.41) is 3.79. The number of halogens is 1. The van der Waals surface area contributed by atoms with Crippen molar-refractivity contribution in [2.24, 2.45) is 5.10 Å². The number of carbonyl (C=O) groups excluding carboxylic acids is 1. The molecular formula is C18H13FN4O4S. The van der Waals surface area contributed by atoms with Gasteiger partial charge in [0.05, 0.1) is 12.4 Å². The minimum absolute atomic E-state index is 0.0741. The molecule has 0 aliphatic carbocycles. The molecule has 2 aromatic carbocycles. The Balaban J connectivity index is 1.62. The van der Waals surface area contributed by atoms with Crippen molar-refractivity contribution >= 4 is 22.2 Å². The van der Waals surface area contributed by atoms with Gasteiger partial charge in [0.15, 0.2) is 0 Å². The van der Waals surface area contributed by atoms with Crippen LogP contribution in [0.3, 0.4) is 0 Å². The minimum Gasteiger partial charge on any atom is -0.379 e. The van der Waals surface area contributed by atoms with Crippen LogP contribution in [0, 0.1) is 5.82 Å². The van der Waals surface area contributed by atoms with Gasteiger partial charge in [-0.05, 0) is 54.1 Å². The van der Waals surface area contributed by atoms with Gasteiger partial charge in [0.2, 0.25) is 0 Å². The fraction of sp³-hybridized carbons (Fsp3) is 0. The second kappa shape index (κ2) is 8.35. The van der Waals surface area contributed by atoms with Crippen molar-refractivity contribution in [3.05, 3.63) is 84.2 Å². The lowest BCUT2D eigenvalue weighted by Crippen LogP contribution is -2.19. The molecule has 0 aliphatic rings. The van der Waals surface area contributed by atoms with E-state index in [1.54, 1.807) is 12.1 Å². The van der Waals surface area contributed by atoms with E-state index in [4.69, 9.17) is 4.18 Å². The molecule has 1 aromatic heterocycles. The zero-order valence-corrected chi connectivity index (χ0v) is 15.0. The average Bonchev–Trinajstić information content (AvgIpc) is 2.70. The summed E-state index contributed by atoms with van der Waals surface area (Å²) in [6.07, 6.45) is 5.50. The van der Waals surface area contributed by atoms with Crippen LogP contribution in [0.1, 0.15) is 16.1 Å². The van der Waals surface area contributed by atoms with Gasteiger partial charge in [-0.15, -0.1) is 0 Å². The number of hydrogen-bond donors (Lipinski definition) is 1. The predicted molar refractivity (Wildman–Crippen MR) is 97.7 cm³/mol. The Labute approximate surface area is 159 Å². The first-order valence-electron chi connectivity index (χ1n) is 7.83. The number of amides is 1. The molecule has 0 saturated carbocycles. The van der Waals surface area contributed by atoms with E-state index in [9.17, 15) is 17.6 Å². The summed E-state index contributed by atoms with van der Waals surface area (Å²) in [4.78, 5) is 19.2. The number of carbonyl (C=O) groups is 1. The van der Waals surface area contributed by atoms with Gasteiger partial charge in [0, 0.05) is 12.4 Å². The van der Waals surface area contributed by atoms with Crippen molar-refractivity contribution in [1.82, 2.24) is 15.4 Å². The number of hydrazone groups is 1. The second-order valence-corrected chi connectivity index (χ2v) is 6.90. The van der Waals surface area contributed by atoms with Gasteiger partial charge < -0.3 is 4.18 Å². The van der Waals surface area contributed by atoms with Crippen molar-refractivity contribution in [2.45, 2.75) is 4.90 Å². The molecule has 0 bridgehead atoms. The van der Waals surface area contributed by atoms with Crippen LogP contribution < -0.4 is 9.61 Å². The molecule has 1 amide bonds. The molecule has 0 atom stereocenters. The van der Waals surface area contributed by atoms with E-state index >= 15 is 0 Å². The molecule has 8 nitrogen and oxygen atoms in total. The molecule has 0 saturated heterocycles. The van der Waals surface area contributed by atoms with Crippen molar-refractivity contribution < 1.29 is 21.8 Å². The van der Waals surface area contributed by atoms with Crippen LogP contribution in [0.4, 0.5) is 4.39 Å². The molecule has 3 aromatic rings. The van der Waals surface area contributed by atoms with Crippen LogP contribution in [-0.4, -0.2) is 30.5 Å². The average molecular weight is 400 g/mol. The first-order chi connectivity index (χ1) is 13.4. The van der Waals surface area contributed by atoms with E-state index in [0.29, 0.717) is 5.56 Å². The Hall–Kier alpha value is -3.66. The molecule has 28 heavy (non-hydrogen) atoms. The lowest BCUT2D eigenvalue weighted by atomic mass is 10.2. The number of aromatic nitrogens is 2. The molecule has 1 heterocycles. The van der Waals surface area contributed by atoms with Gasteiger partial charge in [0.1, 0.15) is 22.2 Å². The van der Waals surface area contributed by atoms with Crippen LogP contribution in [0.25, 0.3) is 0 Å². The Morgan fingerprint density at radius 1 is 1.07 bits per heavy atom. The maximum atomic E-state index is 12.9. The first kappa shape index (κ1) is 19.1. The molecule has 0 spiro atoms. The van der Waals surface area contributed by atoms with Crippen LogP contribution in [0.2, 0.25) is 0 Å². The van der Waals surface area contributed by atoms with E-state index in [1.807, 2.05) is 0 Å². The van der Waals surface area contributed by atoms with E-state index in [0.717, 1.165) is 24.3 Å². The van der Waals surface area contributed by atoms with Crippen LogP contribution in [-0.2, 0) is 10.1 Å². The Kier molecular flexibility index (Phi) is 5.70. The highest BCUT2D eigenvalue weighted by Crippen LogP contribution is 2.19. The van der Waals surface area contributed by atoms with E-state index in [1.165, 1.54) is 36.9 Å². The van der Waals surface area contributed by atoms with E-state index in [-0.39, 0.29) is 16.3 Å². The highest BCUT2D eigenvalue weighted by molar-refractivity contribution is 7.87. The number of nitrogens with zero attached hydrogens (tertiary/aromatic N) is 3. The monoisotopic (exact) mass is 400 g/mol. The smallest absolute Gasteiger partial charge is 0.339 e. The molecular weight excluding hydrogens is 387 g/mol. The van der Waals surface area contributed by atoms with Gasteiger partial charge in [-0.25, -0.2) is 14.8 Å². The minimum atomic E-state index is -4.07. The molecule has 1 N–H and O–H groups in total. The van der Waals surface area contributed by atoms with E-state index < -0.39 is 21.8 Å². The van der Waals surface area contributed by atoms with E-state index in [2.05, 4.69) is 20.5 Å². The predicted octanol–water partition coefficient (Wildman–Crippen LogP) is 2.15. The Morgan fingerprint density at radius 2 is 1.79 bits per heavy atom. The summed E-state index contributed by atoms with van der Waals surface area (Å²) in [7, 11) is -4.07. The summed E-state index contributed by atoms with van der Waals surface area (Å²) >= 11 is 0. The SMILES string of the molecule is O=C(N/N=C/c1ccc(OS(=O)(=O)c2ccc(F)cc2)cc1)c1cnccn1. The lowest BCUT2D eigenvalue weighted by Gasteiger charge is -2.07. The summed E-state index contributed by atoms with van der Waals surface area (Å²) in [6.45, 7) is 0. The van der Waals surface area contributed by atoms with Gasteiger partial charge in [-0.1, -0.05) is 0 Å². The van der Waals surface area contributed by atoms with Crippen molar-refractivity contribution in [3.63, 3.8) is 0 Å². The van der Waals surface area contributed by atoms with Crippen LogP contribution in [0.15, 0.2) is 77.1 Å².